The Balaban J connectivity index is 2.09. The monoisotopic (exact) mass is 178 g/mol. The summed E-state index contributed by atoms with van der Waals surface area (Å²) in [6, 6.07) is 5.91. The zero-order chi connectivity index (χ0) is 9.31. The number of β-amino-alcohol motifs (C(OH)–C–C–N with tert-alkyl or cyclic N) is 1. The average molecular weight is 178 g/mol. The van der Waals surface area contributed by atoms with Crippen molar-refractivity contribution in [1.29, 1.82) is 0 Å². The van der Waals surface area contributed by atoms with Crippen LogP contribution in [0.15, 0.2) is 18.2 Å². The van der Waals surface area contributed by atoms with Crippen molar-refractivity contribution in [2.75, 3.05) is 13.1 Å². The number of aromatic nitrogens is 1. The van der Waals surface area contributed by atoms with E-state index < -0.39 is 5.60 Å². The molecule has 13 heavy (non-hydrogen) atoms. The summed E-state index contributed by atoms with van der Waals surface area (Å²) in [4.78, 5) is 4.35. The van der Waals surface area contributed by atoms with Gasteiger partial charge in [-0.15, -0.1) is 0 Å². The summed E-state index contributed by atoms with van der Waals surface area (Å²) in [6.45, 7) is 3.33. The van der Waals surface area contributed by atoms with Gasteiger partial charge in [-0.25, -0.2) is 0 Å². The molecule has 0 unspecified atom stereocenters. The van der Waals surface area contributed by atoms with E-state index in [-0.39, 0.29) is 0 Å². The second-order valence-corrected chi connectivity index (χ2v) is 3.77. The Morgan fingerprint density at radius 3 is 2.85 bits per heavy atom. The van der Waals surface area contributed by atoms with Gasteiger partial charge in [0.1, 0.15) is 0 Å². The fraction of sp³-hybridized carbons (Fsp3) is 0.500. The van der Waals surface area contributed by atoms with E-state index in [0.717, 1.165) is 11.4 Å². The maximum absolute atomic E-state index is 9.85. The molecule has 2 rings (SSSR count). The predicted molar refractivity (Wildman–Crippen MR) is 50.5 cm³/mol. The van der Waals surface area contributed by atoms with Gasteiger partial charge in [0.05, 0.1) is 5.60 Å². The van der Waals surface area contributed by atoms with Crippen molar-refractivity contribution in [3.05, 3.63) is 29.6 Å². The number of hydrogen-bond donors (Lipinski definition) is 2. The molecule has 0 aliphatic carbocycles. The molecule has 2 heterocycles. The van der Waals surface area contributed by atoms with Crippen LogP contribution in [0.4, 0.5) is 0 Å². The smallest absolute Gasteiger partial charge is 0.0950 e. The lowest BCUT2D eigenvalue weighted by atomic mass is 9.91. The van der Waals surface area contributed by atoms with Gasteiger partial charge in [-0.1, -0.05) is 6.07 Å². The van der Waals surface area contributed by atoms with Gasteiger partial charge in [-0.2, -0.15) is 0 Å². The first-order valence-corrected chi connectivity index (χ1v) is 4.54. The van der Waals surface area contributed by atoms with Gasteiger partial charge in [0.25, 0.3) is 0 Å². The SMILES string of the molecule is Cc1cccc(CC2(O)CNC2)n1. The van der Waals surface area contributed by atoms with Gasteiger partial charge in [-0.3, -0.25) is 4.98 Å². The molecule has 0 amide bonds. The van der Waals surface area contributed by atoms with Crippen molar-refractivity contribution >= 4 is 0 Å². The first-order chi connectivity index (χ1) is 6.18. The molecule has 1 saturated heterocycles. The Kier molecular flexibility index (Phi) is 2.06. The molecule has 1 aliphatic rings. The topological polar surface area (TPSA) is 45.1 Å². The molecule has 0 radical (unpaired) electrons. The van der Waals surface area contributed by atoms with Crippen molar-refractivity contribution in [3.8, 4) is 0 Å². The minimum absolute atomic E-state index is 0.555. The van der Waals surface area contributed by atoms with Crippen LogP contribution in [0.25, 0.3) is 0 Å². The van der Waals surface area contributed by atoms with E-state index in [1.54, 1.807) is 0 Å². The lowest BCUT2D eigenvalue weighted by Crippen LogP contribution is -2.60. The number of aryl methyl sites for hydroxylation is 1. The van der Waals surface area contributed by atoms with E-state index in [4.69, 9.17) is 0 Å². The van der Waals surface area contributed by atoms with Gasteiger partial charge in [-0.05, 0) is 19.1 Å². The largest absolute Gasteiger partial charge is 0.387 e. The van der Waals surface area contributed by atoms with Crippen molar-refractivity contribution in [1.82, 2.24) is 10.3 Å². The third-order valence-electron chi connectivity index (χ3n) is 2.36. The summed E-state index contributed by atoms with van der Waals surface area (Å²) in [5, 5.41) is 12.9. The summed E-state index contributed by atoms with van der Waals surface area (Å²) in [6.07, 6.45) is 0.654. The second kappa shape index (κ2) is 3.09. The first kappa shape index (κ1) is 8.66. The second-order valence-electron chi connectivity index (χ2n) is 3.77. The van der Waals surface area contributed by atoms with Crippen LogP contribution in [0.3, 0.4) is 0 Å². The highest BCUT2D eigenvalue weighted by molar-refractivity contribution is 5.14. The van der Waals surface area contributed by atoms with Crippen LogP contribution in [0.2, 0.25) is 0 Å². The summed E-state index contributed by atoms with van der Waals surface area (Å²) in [7, 11) is 0. The maximum atomic E-state index is 9.85. The van der Waals surface area contributed by atoms with Gasteiger partial charge >= 0.3 is 0 Å². The Morgan fingerprint density at radius 2 is 2.31 bits per heavy atom. The number of nitrogens with one attached hydrogen (secondary N) is 1. The maximum Gasteiger partial charge on any atom is 0.0950 e. The van der Waals surface area contributed by atoms with Crippen LogP contribution >= 0.6 is 0 Å². The molecule has 70 valence electrons. The van der Waals surface area contributed by atoms with Crippen molar-refractivity contribution in [3.63, 3.8) is 0 Å². The summed E-state index contributed by atoms with van der Waals surface area (Å²) in [5.74, 6) is 0. The lowest BCUT2D eigenvalue weighted by Gasteiger charge is -2.37. The molecule has 0 spiro atoms. The summed E-state index contributed by atoms with van der Waals surface area (Å²) < 4.78 is 0. The summed E-state index contributed by atoms with van der Waals surface area (Å²) in [5.41, 5.74) is 1.43. The molecule has 1 aromatic rings. The van der Waals surface area contributed by atoms with Crippen LogP contribution < -0.4 is 5.32 Å². The minimum Gasteiger partial charge on any atom is -0.387 e. The van der Waals surface area contributed by atoms with Crippen LogP contribution in [0, 0.1) is 6.92 Å². The predicted octanol–water partition coefficient (Wildman–Crippen LogP) is 0.267. The molecule has 1 aliphatic heterocycles. The number of hydrogen-bond acceptors (Lipinski definition) is 3. The van der Waals surface area contributed by atoms with E-state index in [2.05, 4.69) is 10.3 Å². The number of nitrogens with zero attached hydrogens (tertiary/aromatic N) is 1. The van der Waals surface area contributed by atoms with Gasteiger partial charge < -0.3 is 10.4 Å². The molecular formula is C10H14N2O. The zero-order valence-electron chi connectivity index (χ0n) is 7.75. The van der Waals surface area contributed by atoms with E-state index in [9.17, 15) is 5.11 Å². The van der Waals surface area contributed by atoms with Crippen LogP contribution in [-0.2, 0) is 6.42 Å². The number of aliphatic hydroxyl groups is 1. The molecule has 0 aromatic carbocycles. The molecule has 3 heteroatoms. The normalized spacial score (nSPS) is 19.5. The van der Waals surface area contributed by atoms with E-state index in [0.29, 0.717) is 19.5 Å². The molecule has 2 N–H and O–H groups in total. The molecule has 3 nitrogen and oxygen atoms in total. The van der Waals surface area contributed by atoms with Crippen LogP contribution in [0.1, 0.15) is 11.4 Å². The molecule has 0 bridgehead atoms. The summed E-state index contributed by atoms with van der Waals surface area (Å²) >= 11 is 0. The quantitative estimate of drug-likeness (QED) is 0.683. The highest BCUT2D eigenvalue weighted by atomic mass is 16.3. The van der Waals surface area contributed by atoms with Crippen molar-refractivity contribution in [2.24, 2.45) is 0 Å². The Labute approximate surface area is 77.8 Å². The first-order valence-electron chi connectivity index (χ1n) is 4.54. The molecular weight excluding hydrogens is 164 g/mol. The third-order valence-corrected chi connectivity index (χ3v) is 2.36. The van der Waals surface area contributed by atoms with E-state index >= 15 is 0 Å². The number of pyridine rings is 1. The fourth-order valence-electron chi connectivity index (χ4n) is 1.57. The van der Waals surface area contributed by atoms with Crippen LogP contribution in [0.5, 0.6) is 0 Å². The third kappa shape index (κ3) is 1.87. The Morgan fingerprint density at radius 1 is 1.54 bits per heavy atom. The average Bonchev–Trinajstić information content (AvgIpc) is 2.01. The van der Waals surface area contributed by atoms with E-state index in [1.807, 2.05) is 25.1 Å². The standard InChI is InChI=1S/C10H14N2O/c1-8-3-2-4-9(12-8)5-10(13)6-11-7-10/h2-4,11,13H,5-7H2,1H3. The highest BCUT2D eigenvalue weighted by Gasteiger charge is 2.34. The fourth-order valence-corrected chi connectivity index (χ4v) is 1.57. The van der Waals surface area contributed by atoms with Crippen molar-refractivity contribution < 1.29 is 5.11 Å². The van der Waals surface area contributed by atoms with Crippen molar-refractivity contribution in [2.45, 2.75) is 18.9 Å². The van der Waals surface area contributed by atoms with Gasteiger partial charge in [0.15, 0.2) is 0 Å². The minimum atomic E-state index is -0.555. The molecule has 1 fully saturated rings. The lowest BCUT2D eigenvalue weighted by molar-refractivity contribution is -0.00982. The Bertz CT molecular complexity index is 308. The number of rotatable bonds is 2. The van der Waals surface area contributed by atoms with E-state index in [1.165, 1.54) is 0 Å². The van der Waals surface area contributed by atoms with Crippen LogP contribution in [-0.4, -0.2) is 28.8 Å². The van der Waals surface area contributed by atoms with Gasteiger partial charge in [0, 0.05) is 30.9 Å². The zero-order valence-corrected chi connectivity index (χ0v) is 7.75. The Hall–Kier alpha value is -0.930. The molecule has 1 aromatic heterocycles. The van der Waals surface area contributed by atoms with Gasteiger partial charge in [0.2, 0.25) is 0 Å². The highest BCUT2D eigenvalue weighted by Crippen LogP contribution is 2.16. The molecule has 0 saturated carbocycles. The molecule has 0 atom stereocenters.